The minimum absolute atomic E-state index is 0.247. The molecule has 3 aromatic rings. The van der Waals surface area contributed by atoms with Gasteiger partial charge in [0, 0.05) is 18.2 Å². The molecule has 0 amide bonds. The highest BCUT2D eigenvalue weighted by atomic mass is 32.1. The van der Waals surface area contributed by atoms with Gasteiger partial charge in [0.05, 0.1) is 27.4 Å². The van der Waals surface area contributed by atoms with Gasteiger partial charge in [-0.25, -0.2) is 4.68 Å². The average Bonchev–Trinajstić information content (AvgIpc) is 3.34. The highest BCUT2D eigenvalue weighted by Gasteiger charge is 2.29. The second kappa shape index (κ2) is 9.02. The maximum atomic E-state index is 5.78. The Kier molecular flexibility index (Phi) is 6.20. The topological polar surface area (TPSA) is 44.5 Å². The third-order valence-electron chi connectivity index (χ3n) is 5.77. The lowest BCUT2D eigenvalue weighted by Crippen LogP contribution is -2.27. The maximum absolute atomic E-state index is 5.78. The Morgan fingerprint density at radius 3 is 2.63 bits per heavy atom. The normalized spacial score (nSPS) is 16.7. The average molecular weight is 425 g/mol. The Morgan fingerprint density at radius 1 is 1.10 bits per heavy atom. The molecular formula is C23H28N4O2S. The van der Waals surface area contributed by atoms with Crippen LogP contribution in [0.3, 0.4) is 0 Å². The van der Waals surface area contributed by atoms with Gasteiger partial charge in [-0.15, -0.1) is 0 Å². The third kappa shape index (κ3) is 4.13. The standard InChI is InChI=1S/C23H28N4O2S/c1-17-24-27(23(30)26(17)15-18-8-5-4-6-9-18)16-25-13-7-10-21(25)20-14-19(28-2)11-12-22(20)29-3/h4-6,8-9,11-12,14,21H,7,10,13,15-16H2,1-3H3/t21-/m0/s1. The van der Waals surface area contributed by atoms with Crippen molar-refractivity contribution in [1.29, 1.82) is 0 Å². The molecule has 0 spiro atoms. The fourth-order valence-corrected chi connectivity index (χ4v) is 4.50. The number of methoxy groups -OCH3 is 2. The zero-order valence-electron chi connectivity index (χ0n) is 17.7. The van der Waals surface area contributed by atoms with E-state index < -0.39 is 0 Å². The summed E-state index contributed by atoms with van der Waals surface area (Å²) in [5.74, 6) is 2.66. The lowest BCUT2D eigenvalue weighted by Gasteiger charge is -2.26. The van der Waals surface area contributed by atoms with Crippen molar-refractivity contribution >= 4 is 12.2 Å². The summed E-state index contributed by atoms with van der Waals surface area (Å²) in [4.78, 5) is 2.42. The molecule has 6 nitrogen and oxygen atoms in total. The molecule has 0 saturated carbocycles. The SMILES string of the molecule is COc1ccc(OC)c([C@@H]2CCCN2Cn2nc(C)n(Cc3ccccc3)c2=S)c1. The summed E-state index contributed by atoms with van der Waals surface area (Å²) in [5, 5.41) is 4.75. The molecule has 0 bridgehead atoms. The molecule has 0 unspecified atom stereocenters. The minimum Gasteiger partial charge on any atom is -0.497 e. The van der Waals surface area contributed by atoms with E-state index in [1.807, 2.05) is 29.8 Å². The van der Waals surface area contributed by atoms with Crippen LogP contribution in [0.5, 0.6) is 11.5 Å². The molecule has 0 radical (unpaired) electrons. The van der Waals surface area contributed by atoms with Gasteiger partial charge in [-0.3, -0.25) is 9.47 Å². The molecule has 158 valence electrons. The molecule has 2 heterocycles. The van der Waals surface area contributed by atoms with Crippen LogP contribution in [-0.4, -0.2) is 40.0 Å². The number of ether oxygens (including phenoxy) is 2. The third-order valence-corrected chi connectivity index (χ3v) is 6.20. The van der Waals surface area contributed by atoms with E-state index >= 15 is 0 Å². The van der Waals surface area contributed by atoms with Crippen LogP contribution in [0.25, 0.3) is 0 Å². The highest BCUT2D eigenvalue weighted by molar-refractivity contribution is 7.71. The molecule has 4 rings (SSSR count). The molecule has 1 fully saturated rings. The Bertz CT molecular complexity index is 1060. The Balaban J connectivity index is 1.59. The number of aryl methyl sites for hydroxylation is 1. The number of aromatic nitrogens is 3. The van der Waals surface area contributed by atoms with E-state index in [9.17, 15) is 0 Å². The van der Waals surface area contributed by atoms with Gasteiger partial charge in [0.1, 0.15) is 17.3 Å². The van der Waals surface area contributed by atoms with Crippen molar-refractivity contribution < 1.29 is 9.47 Å². The molecule has 1 aromatic heterocycles. The Labute approximate surface area is 182 Å². The first-order chi connectivity index (χ1) is 14.6. The largest absolute Gasteiger partial charge is 0.497 e. The van der Waals surface area contributed by atoms with Crippen molar-refractivity contribution in [3.05, 3.63) is 70.3 Å². The zero-order valence-corrected chi connectivity index (χ0v) is 18.6. The van der Waals surface area contributed by atoms with E-state index in [1.54, 1.807) is 14.2 Å². The fourth-order valence-electron chi connectivity index (χ4n) is 4.21. The van der Waals surface area contributed by atoms with E-state index in [4.69, 9.17) is 26.8 Å². The maximum Gasteiger partial charge on any atom is 0.199 e. The van der Waals surface area contributed by atoms with E-state index in [1.165, 1.54) is 5.56 Å². The van der Waals surface area contributed by atoms with Crippen LogP contribution >= 0.6 is 12.2 Å². The van der Waals surface area contributed by atoms with Crippen LogP contribution in [0, 0.1) is 11.7 Å². The second-order valence-electron chi connectivity index (χ2n) is 7.62. The number of rotatable bonds is 7. The lowest BCUT2D eigenvalue weighted by molar-refractivity contribution is 0.186. The van der Waals surface area contributed by atoms with Crippen molar-refractivity contribution in [3.8, 4) is 11.5 Å². The molecule has 1 aliphatic heterocycles. The smallest absolute Gasteiger partial charge is 0.199 e. The van der Waals surface area contributed by atoms with Gasteiger partial charge < -0.3 is 9.47 Å². The predicted molar refractivity (Wildman–Crippen MR) is 120 cm³/mol. The minimum atomic E-state index is 0.247. The van der Waals surface area contributed by atoms with Gasteiger partial charge in [-0.1, -0.05) is 30.3 Å². The van der Waals surface area contributed by atoms with Gasteiger partial charge in [0.25, 0.3) is 0 Å². The number of benzene rings is 2. The van der Waals surface area contributed by atoms with Gasteiger partial charge in [-0.2, -0.15) is 5.10 Å². The van der Waals surface area contributed by atoms with Crippen molar-refractivity contribution in [2.75, 3.05) is 20.8 Å². The van der Waals surface area contributed by atoms with Crippen molar-refractivity contribution in [2.45, 2.75) is 39.0 Å². The van der Waals surface area contributed by atoms with Crippen molar-refractivity contribution in [3.63, 3.8) is 0 Å². The van der Waals surface area contributed by atoms with E-state index in [2.05, 4.69) is 39.8 Å². The van der Waals surface area contributed by atoms with Gasteiger partial charge in [0.2, 0.25) is 0 Å². The molecule has 7 heteroatoms. The summed E-state index contributed by atoms with van der Waals surface area (Å²) in [5.41, 5.74) is 2.37. The summed E-state index contributed by atoms with van der Waals surface area (Å²) in [7, 11) is 3.41. The predicted octanol–water partition coefficient (Wildman–Crippen LogP) is 4.58. The molecule has 2 aromatic carbocycles. The second-order valence-corrected chi connectivity index (χ2v) is 7.99. The Hall–Kier alpha value is -2.64. The molecule has 0 aliphatic carbocycles. The summed E-state index contributed by atoms with van der Waals surface area (Å²) in [6.07, 6.45) is 2.20. The van der Waals surface area contributed by atoms with Gasteiger partial charge in [-0.05, 0) is 55.7 Å². The first-order valence-electron chi connectivity index (χ1n) is 10.2. The summed E-state index contributed by atoms with van der Waals surface area (Å²) >= 11 is 5.78. The number of hydrogen-bond donors (Lipinski definition) is 0. The molecule has 30 heavy (non-hydrogen) atoms. The van der Waals surface area contributed by atoms with Crippen LogP contribution < -0.4 is 9.47 Å². The first kappa shape index (κ1) is 20.6. The van der Waals surface area contributed by atoms with Crippen molar-refractivity contribution in [2.24, 2.45) is 0 Å². The summed E-state index contributed by atoms with van der Waals surface area (Å²) < 4.78 is 15.9. The molecule has 1 aliphatic rings. The number of likely N-dealkylation sites (tertiary alicyclic amines) is 1. The summed E-state index contributed by atoms with van der Waals surface area (Å²) in [6, 6.07) is 16.6. The van der Waals surface area contributed by atoms with E-state index in [0.29, 0.717) is 6.67 Å². The van der Waals surface area contributed by atoms with Crippen LogP contribution in [0.2, 0.25) is 0 Å². The van der Waals surface area contributed by atoms with Crippen molar-refractivity contribution in [1.82, 2.24) is 19.2 Å². The quantitative estimate of drug-likeness (QED) is 0.520. The number of nitrogens with zero attached hydrogens (tertiary/aromatic N) is 4. The van der Waals surface area contributed by atoms with Gasteiger partial charge >= 0.3 is 0 Å². The van der Waals surface area contributed by atoms with Crippen LogP contribution in [0.4, 0.5) is 0 Å². The van der Waals surface area contributed by atoms with Gasteiger partial charge in [0.15, 0.2) is 4.77 Å². The van der Waals surface area contributed by atoms with Crippen LogP contribution in [0.15, 0.2) is 48.5 Å². The Morgan fingerprint density at radius 2 is 1.90 bits per heavy atom. The highest BCUT2D eigenvalue weighted by Crippen LogP contribution is 2.39. The number of hydrogen-bond acceptors (Lipinski definition) is 5. The molecular weight excluding hydrogens is 396 g/mol. The fraction of sp³-hybridized carbons (Fsp3) is 0.391. The molecule has 0 N–H and O–H groups in total. The molecule has 1 atom stereocenters. The van der Waals surface area contributed by atoms with Crippen LogP contribution in [0.1, 0.15) is 35.8 Å². The van der Waals surface area contributed by atoms with E-state index in [-0.39, 0.29) is 6.04 Å². The van der Waals surface area contributed by atoms with E-state index in [0.717, 1.165) is 53.6 Å². The monoisotopic (exact) mass is 424 g/mol. The lowest BCUT2D eigenvalue weighted by atomic mass is 10.0. The van der Waals surface area contributed by atoms with Crippen LogP contribution in [-0.2, 0) is 13.2 Å². The summed E-state index contributed by atoms with van der Waals surface area (Å²) in [6.45, 7) is 4.41. The molecule has 1 saturated heterocycles. The first-order valence-corrected chi connectivity index (χ1v) is 10.7. The zero-order chi connectivity index (χ0) is 21.1.